The molecule has 164 valence electrons. The monoisotopic (exact) mass is 420 g/mol. The summed E-state index contributed by atoms with van der Waals surface area (Å²) in [6.07, 6.45) is 3.96. The summed E-state index contributed by atoms with van der Waals surface area (Å²) < 4.78 is 0. The lowest BCUT2D eigenvalue weighted by Gasteiger charge is -2.12. The van der Waals surface area contributed by atoms with Crippen LogP contribution in [-0.2, 0) is 6.42 Å². The Bertz CT molecular complexity index is 925. The summed E-state index contributed by atoms with van der Waals surface area (Å²) in [6.45, 7) is 4.27. The van der Waals surface area contributed by atoms with E-state index in [9.17, 15) is 0 Å². The van der Waals surface area contributed by atoms with Crippen molar-refractivity contribution < 1.29 is 0 Å². The van der Waals surface area contributed by atoms with Crippen molar-refractivity contribution in [3.63, 3.8) is 0 Å². The third-order valence-electron chi connectivity index (χ3n) is 4.78. The van der Waals surface area contributed by atoms with Gasteiger partial charge in [0.1, 0.15) is 0 Å². The number of hydrogen-bond donors (Lipinski definition) is 5. The molecule has 0 saturated heterocycles. The molecule has 3 aromatic rings. The Balaban J connectivity index is 1.65. The highest BCUT2D eigenvalue weighted by Gasteiger charge is 2.07. The summed E-state index contributed by atoms with van der Waals surface area (Å²) in [6, 6.07) is 16.0. The Kier molecular flexibility index (Phi) is 8.42. The molecule has 7 N–H and O–H groups in total. The second-order valence-corrected chi connectivity index (χ2v) is 7.49. The number of benzene rings is 2. The first-order chi connectivity index (χ1) is 15.1. The van der Waals surface area contributed by atoms with E-state index in [-0.39, 0.29) is 0 Å². The maximum atomic E-state index is 5.76. The Morgan fingerprint density at radius 1 is 0.742 bits per heavy atom. The number of anilines is 5. The van der Waals surface area contributed by atoms with E-state index in [0.717, 1.165) is 50.1 Å². The molecule has 0 aliphatic carbocycles. The van der Waals surface area contributed by atoms with Crippen LogP contribution in [-0.4, -0.2) is 34.6 Å². The van der Waals surface area contributed by atoms with E-state index in [4.69, 9.17) is 11.5 Å². The lowest BCUT2D eigenvalue weighted by atomic mass is 10.1. The normalized spacial score (nSPS) is 10.6. The highest BCUT2D eigenvalue weighted by atomic mass is 15.3. The van der Waals surface area contributed by atoms with Gasteiger partial charge in [0.05, 0.1) is 0 Å². The molecule has 0 aliphatic rings. The minimum atomic E-state index is 0.498. The van der Waals surface area contributed by atoms with Crippen LogP contribution in [0.5, 0.6) is 0 Å². The average Bonchev–Trinajstić information content (AvgIpc) is 2.77. The first-order valence-corrected chi connectivity index (χ1v) is 10.7. The van der Waals surface area contributed by atoms with Crippen LogP contribution >= 0.6 is 0 Å². The number of aryl methyl sites for hydroxylation is 1. The van der Waals surface area contributed by atoms with Gasteiger partial charge in [-0.2, -0.15) is 15.0 Å². The van der Waals surface area contributed by atoms with Crippen LogP contribution in [0.2, 0.25) is 0 Å². The number of hydrogen-bond acceptors (Lipinski definition) is 8. The fourth-order valence-electron chi connectivity index (χ4n) is 3.01. The molecule has 0 bridgehead atoms. The number of nitrogens with zero attached hydrogens (tertiary/aromatic N) is 3. The lowest BCUT2D eigenvalue weighted by molar-refractivity contribution is 0.705. The summed E-state index contributed by atoms with van der Waals surface area (Å²) in [4.78, 5) is 13.6. The topological polar surface area (TPSA) is 127 Å². The fraction of sp³-hybridized carbons (Fsp3) is 0.348. The van der Waals surface area contributed by atoms with Gasteiger partial charge in [-0.05, 0) is 62.6 Å². The van der Waals surface area contributed by atoms with Crippen molar-refractivity contribution >= 4 is 29.2 Å². The van der Waals surface area contributed by atoms with E-state index in [1.165, 1.54) is 11.1 Å². The number of unbranched alkanes of at least 4 members (excludes halogenated alkanes) is 2. The Morgan fingerprint density at radius 2 is 1.39 bits per heavy atom. The fourth-order valence-corrected chi connectivity index (χ4v) is 3.01. The van der Waals surface area contributed by atoms with Crippen molar-refractivity contribution in [2.45, 2.75) is 32.6 Å². The van der Waals surface area contributed by atoms with Gasteiger partial charge in [0.25, 0.3) is 0 Å². The van der Waals surface area contributed by atoms with Crippen LogP contribution in [0.1, 0.15) is 30.4 Å². The van der Waals surface area contributed by atoms with E-state index in [2.05, 4.69) is 37.8 Å². The largest absolute Gasteiger partial charge is 0.399 e. The van der Waals surface area contributed by atoms with Crippen molar-refractivity contribution in [2.24, 2.45) is 5.73 Å². The SMILES string of the molecule is Cc1ccc(Nc2nc(NCCCCCN)nc(NCCc3ccc(N)cc3)n2)cc1. The predicted molar refractivity (Wildman–Crippen MR) is 129 cm³/mol. The molecule has 0 unspecified atom stereocenters. The van der Waals surface area contributed by atoms with E-state index < -0.39 is 0 Å². The summed E-state index contributed by atoms with van der Waals surface area (Å²) >= 11 is 0. The van der Waals surface area contributed by atoms with Crippen molar-refractivity contribution in [3.8, 4) is 0 Å². The number of rotatable bonds is 12. The standard InChI is InChI=1S/C23H32N8/c1-17-5-11-20(12-6-17)28-23-30-21(26-15-4-2-3-14-24)29-22(31-23)27-16-13-18-7-9-19(25)10-8-18/h5-12H,2-4,13-16,24-25H2,1H3,(H3,26,27,28,29,30,31). The molecular formula is C23H32N8. The van der Waals surface area contributed by atoms with Crippen molar-refractivity contribution in [3.05, 3.63) is 59.7 Å². The van der Waals surface area contributed by atoms with Gasteiger partial charge in [0, 0.05) is 24.5 Å². The van der Waals surface area contributed by atoms with Gasteiger partial charge in [0.15, 0.2) is 0 Å². The first-order valence-electron chi connectivity index (χ1n) is 10.7. The van der Waals surface area contributed by atoms with Crippen LogP contribution < -0.4 is 27.4 Å². The Morgan fingerprint density at radius 3 is 2.06 bits per heavy atom. The van der Waals surface area contributed by atoms with E-state index >= 15 is 0 Å². The van der Waals surface area contributed by atoms with E-state index in [1.54, 1.807) is 0 Å². The van der Waals surface area contributed by atoms with Gasteiger partial charge in [-0.25, -0.2) is 0 Å². The summed E-state index contributed by atoms with van der Waals surface area (Å²) in [5.41, 5.74) is 15.4. The number of nitrogens with two attached hydrogens (primary N) is 2. The third-order valence-corrected chi connectivity index (χ3v) is 4.78. The molecule has 8 heteroatoms. The summed E-state index contributed by atoms with van der Waals surface area (Å²) in [7, 11) is 0. The highest BCUT2D eigenvalue weighted by molar-refractivity contribution is 5.56. The van der Waals surface area contributed by atoms with Crippen LogP contribution in [0.15, 0.2) is 48.5 Å². The average molecular weight is 421 g/mol. The zero-order valence-corrected chi connectivity index (χ0v) is 18.1. The van der Waals surface area contributed by atoms with Crippen molar-refractivity contribution in [1.29, 1.82) is 0 Å². The number of nitrogen functional groups attached to an aromatic ring is 1. The quantitative estimate of drug-likeness (QED) is 0.222. The molecule has 0 amide bonds. The smallest absolute Gasteiger partial charge is 0.233 e. The van der Waals surface area contributed by atoms with Crippen LogP contribution in [0, 0.1) is 6.92 Å². The maximum Gasteiger partial charge on any atom is 0.233 e. The third kappa shape index (κ3) is 7.75. The molecule has 31 heavy (non-hydrogen) atoms. The van der Waals surface area contributed by atoms with Gasteiger partial charge in [-0.1, -0.05) is 36.2 Å². The molecule has 0 aliphatic heterocycles. The summed E-state index contributed by atoms with van der Waals surface area (Å²) in [5, 5.41) is 9.87. The highest BCUT2D eigenvalue weighted by Crippen LogP contribution is 2.17. The van der Waals surface area contributed by atoms with Gasteiger partial charge >= 0.3 is 0 Å². The molecule has 1 aromatic heterocycles. The molecule has 2 aromatic carbocycles. The Hall–Kier alpha value is -3.39. The van der Waals surface area contributed by atoms with Crippen LogP contribution in [0.3, 0.4) is 0 Å². The molecule has 0 spiro atoms. The van der Waals surface area contributed by atoms with Crippen LogP contribution in [0.4, 0.5) is 29.2 Å². The molecular weight excluding hydrogens is 388 g/mol. The number of nitrogens with one attached hydrogen (secondary N) is 3. The second-order valence-electron chi connectivity index (χ2n) is 7.49. The minimum absolute atomic E-state index is 0.498. The molecule has 0 saturated carbocycles. The zero-order chi connectivity index (χ0) is 21.9. The second kappa shape index (κ2) is 11.7. The van der Waals surface area contributed by atoms with Crippen molar-refractivity contribution in [1.82, 2.24) is 15.0 Å². The molecule has 0 radical (unpaired) electrons. The molecule has 0 fully saturated rings. The van der Waals surface area contributed by atoms with Gasteiger partial charge in [-0.3, -0.25) is 0 Å². The van der Waals surface area contributed by atoms with Crippen molar-refractivity contribution in [2.75, 3.05) is 41.3 Å². The lowest BCUT2D eigenvalue weighted by Crippen LogP contribution is -2.13. The summed E-state index contributed by atoms with van der Waals surface area (Å²) in [5.74, 6) is 1.58. The number of aromatic nitrogens is 3. The maximum absolute atomic E-state index is 5.76. The molecule has 1 heterocycles. The van der Waals surface area contributed by atoms with E-state index in [0.29, 0.717) is 24.4 Å². The van der Waals surface area contributed by atoms with Gasteiger partial charge < -0.3 is 27.4 Å². The zero-order valence-electron chi connectivity index (χ0n) is 18.1. The molecule has 8 nitrogen and oxygen atoms in total. The van der Waals surface area contributed by atoms with Gasteiger partial charge in [-0.15, -0.1) is 0 Å². The minimum Gasteiger partial charge on any atom is -0.399 e. The van der Waals surface area contributed by atoms with E-state index in [1.807, 2.05) is 48.5 Å². The van der Waals surface area contributed by atoms with Crippen LogP contribution in [0.25, 0.3) is 0 Å². The molecule has 0 atom stereocenters. The molecule has 3 rings (SSSR count). The Labute approximate surface area is 183 Å². The predicted octanol–water partition coefficient (Wildman–Crippen LogP) is 3.70. The van der Waals surface area contributed by atoms with Gasteiger partial charge in [0.2, 0.25) is 17.8 Å². The first kappa shape index (κ1) is 22.3.